The van der Waals surface area contributed by atoms with Crippen molar-refractivity contribution in [2.75, 3.05) is 0 Å². The summed E-state index contributed by atoms with van der Waals surface area (Å²) in [4.78, 5) is 5.51. The molecule has 22 heavy (non-hydrogen) atoms. The number of aromatic nitrogens is 1. The van der Waals surface area contributed by atoms with E-state index in [1.54, 1.807) is 18.3 Å². The number of nitrogens with one attached hydrogen (secondary N) is 1. The van der Waals surface area contributed by atoms with Crippen molar-refractivity contribution >= 4 is 21.4 Å². The molecule has 1 aromatic heterocycles. The Bertz CT molecular complexity index is 832. The van der Waals surface area contributed by atoms with Gasteiger partial charge in [-0.25, -0.2) is 18.1 Å². The number of rotatable bonds is 5. The number of hydrogen-bond acceptors (Lipinski definition) is 5. The first kappa shape index (κ1) is 15.2. The van der Waals surface area contributed by atoms with E-state index in [1.807, 2.05) is 13.0 Å². The van der Waals surface area contributed by atoms with Crippen molar-refractivity contribution in [3.63, 3.8) is 0 Å². The predicted molar refractivity (Wildman–Crippen MR) is 83.8 cm³/mol. The highest BCUT2D eigenvalue weighted by Crippen LogP contribution is 2.42. The summed E-state index contributed by atoms with van der Waals surface area (Å²) in [6, 6.07) is 7.73. The number of nitrogens with zero attached hydrogens (tertiary/aromatic N) is 2. The maximum Gasteiger partial charge on any atom is 0.241 e. The van der Waals surface area contributed by atoms with Gasteiger partial charge in [0.2, 0.25) is 10.0 Å². The molecule has 0 unspecified atom stereocenters. The molecule has 7 heteroatoms. The van der Waals surface area contributed by atoms with Crippen LogP contribution in [0.5, 0.6) is 0 Å². The SMILES string of the molecule is Cc1cnc([C@@H](NS(=O)(=O)c2cccc(C#N)c2)C2CC2)s1. The van der Waals surface area contributed by atoms with Crippen LogP contribution in [0.15, 0.2) is 35.4 Å². The van der Waals surface area contributed by atoms with Gasteiger partial charge in [-0.15, -0.1) is 11.3 Å². The lowest BCUT2D eigenvalue weighted by Crippen LogP contribution is -2.30. The molecule has 3 rings (SSSR count). The second-order valence-electron chi connectivity index (χ2n) is 5.39. The van der Waals surface area contributed by atoms with Gasteiger partial charge in [0.15, 0.2) is 0 Å². The highest BCUT2D eigenvalue weighted by atomic mass is 32.2. The Morgan fingerprint density at radius 1 is 1.45 bits per heavy atom. The molecule has 1 saturated carbocycles. The molecule has 2 aromatic rings. The van der Waals surface area contributed by atoms with Crippen LogP contribution in [0.1, 0.15) is 34.3 Å². The van der Waals surface area contributed by atoms with Gasteiger partial charge < -0.3 is 0 Å². The van der Waals surface area contributed by atoms with E-state index < -0.39 is 10.0 Å². The van der Waals surface area contributed by atoms with Crippen LogP contribution < -0.4 is 4.72 Å². The molecule has 1 fully saturated rings. The third kappa shape index (κ3) is 3.19. The van der Waals surface area contributed by atoms with Crippen molar-refractivity contribution in [1.29, 1.82) is 5.26 Å². The summed E-state index contributed by atoms with van der Waals surface area (Å²) in [5.41, 5.74) is 0.330. The second-order valence-corrected chi connectivity index (χ2v) is 8.37. The third-order valence-corrected chi connectivity index (χ3v) is 5.99. The van der Waals surface area contributed by atoms with Crippen molar-refractivity contribution in [3.05, 3.63) is 45.9 Å². The van der Waals surface area contributed by atoms with E-state index in [0.717, 1.165) is 22.7 Å². The van der Waals surface area contributed by atoms with Gasteiger partial charge in [-0.3, -0.25) is 0 Å². The molecule has 0 amide bonds. The van der Waals surface area contributed by atoms with E-state index in [1.165, 1.54) is 23.5 Å². The van der Waals surface area contributed by atoms with Crippen LogP contribution in [-0.2, 0) is 10.0 Å². The van der Waals surface area contributed by atoms with Gasteiger partial charge in [0, 0.05) is 11.1 Å². The van der Waals surface area contributed by atoms with Crippen LogP contribution in [0.3, 0.4) is 0 Å². The number of benzene rings is 1. The maximum atomic E-state index is 12.6. The summed E-state index contributed by atoms with van der Waals surface area (Å²) in [6.07, 6.45) is 3.77. The lowest BCUT2D eigenvalue weighted by Gasteiger charge is -2.16. The standard InChI is InChI=1S/C15H15N3O2S2/c1-10-9-17-15(21-10)14(12-5-6-12)18-22(19,20)13-4-2-3-11(7-13)8-16/h2-4,7,9,12,14,18H,5-6H2,1H3/t14-/m0/s1. The number of sulfonamides is 1. The molecule has 1 aliphatic rings. The molecule has 0 saturated heterocycles. The largest absolute Gasteiger partial charge is 0.248 e. The van der Waals surface area contributed by atoms with Crippen molar-refractivity contribution in [3.8, 4) is 6.07 Å². The van der Waals surface area contributed by atoms with Gasteiger partial charge in [0.25, 0.3) is 0 Å². The Morgan fingerprint density at radius 3 is 2.82 bits per heavy atom. The van der Waals surface area contributed by atoms with E-state index in [-0.39, 0.29) is 10.9 Å². The zero-order valence-electron chi connectivity index (χ0n) is 12.0. The van der Waals surface area contributed by atoms with Crippen molar-refractivity contribution in [2.45, 2.75) is 30.7 Å². The average Bonchev–Trinajstić information content (AvgIpc) is 3.26. The molecular formula is C15H15N3O2S2. The number of hydrogen-bond donors (Lipinski definition) is 1. The molecule has 0 bridgehead atoms. The van der Waals surface area contributed by atoms with Gasteiger partial charge in [-0.2, -0.15) is 5.26 Å². The van der Waals surface area contributed by atoms with Crippen molar-refractivity contribution < 1.29 is 8.42 Å². The van der Waals surface area contributed by atoms with Gasteiger partial charge in [-0.05, 0) is 43.9 Å². The van der Waals surface area contributed by atoms with Crippen LogP contribution in [0.4, 0.5) is 0 Å². The molecule has 1 atom stereocenters. The van der Waals surface area contributed by atoms with E-state index in [9.17, 15) is 8.42 Å². The zero-order valence-corrected chi connectivity index (χ0v) is 13.6. The molecule has 1 aliphatic carbocycles. The molecule has 5 nitrogen and oxygen atoms in total. The average molecular weight is 333 g/mol. The normalized spacial score (nSPS) is 16.2. The Kier molecular flexibility index (Phi) is 4.00. The Hall–Kier alpha value is -1.75. The van der Waals surface area contributed by atoms with Crippen molar-refractivity contribution in [2.24, 2.45) is 5.92 Å². The minimum absolute atomic E-state index is 0.116. The van der Waals surface area contributed by atoms with E-state index in [0.29, 0.717) is 11.5 Å². The zero-order chi connectivity index (χ0) is 15.7. The first-order valence-corrected chi connectivity index (χ1v) is 9.24. The third-order valence-electron chi connectivity index (χ3n) is 3.55. The van der Waals surface area contributed by atoms with Crippen LogP contribution >= 0.6 is 11.3 Å². The maximum absolute atomic E-state index is 12.6. The summed E-state index contributed by atoms with van der Waals surface area (Å²) < 4.78 is 27.9. The summed E-state index contributed by atoms with van der Waals surface area (Å²) in [6.45, 7) is 1.95. The quantitative estimate of drug-likeness (QED) is 0.912. The molecule has 1 aromatic carbocycles. The monoisotopic (exact) mass is 333 g/mol. The first-order chi connectivity index (χ1) is 10.5. The van der Waals surface area contributed by atoms with Gasteiger partial charge in [-0.1, -0.05) is 6.07 Å². The predicted octanol–water partition coefficient (Wildman–Crippen LogP) is 2.75. The molecule has 0 spiro atoms. The highest BCUT2D eigenvalue weighted by molar-refractivity contribution is 7.89. The fourth-order valence-electron chi connectivity index (χ4n) is 2.26. The summed E-state index contributed by atoms with van der Waals surface area (Å²) in [7, 11) is -3.67. The molecule has 114 valence electrons. The van der Waals surface area contributed by atoms with E-state index in [4.69, 9.17) is 5.26 Å². The lowest BCUT2D eigenvalue weighted by atomic mass is 10.2. The Morgan fingerprint density at radius 2 is 2.23 bits per heavy atom. The molecule has 0 aliphatic heterocycles. The van der Waals surface area contributed by atoms with Crippen LogP contribution in [0.25, 0.3) is 0 Å². The van der Waals surface area contributed by atoms with E-state index >= 15 is 0 Å². The lowest BCUT2D eigenvalue weighted by molar-refractivity contribution is 0.527. The van der Waals surface area contributed by atoms with Crippen LogP contribution in [0, 0.1) is 24.2 Å². The topological polar surface area (TPSA) is 82.8 Å². The molecule has 1 N–H and O–H groups in total. The summed E-state index contributed by atoms with van der Waals surface area (Å²) in [5.74, 6) is 0.305. The summed E-state index contributed by atoms with van der Waals surface area (Å²) in [5, 5.41) is 9.72. The fraction of sp³-hybridized carbons (Fsp3) is 0.333. The molecule has 1 heterocycles. The fourth-order valence-corrected chi connectivity index (χ4v) is 4.57. The van der Waals surface area contributed by atoms with E-state index in [2.05, 4.69) is 9.71 Å². The Labute approximate surface area is 133 Å². The van der Waals surface area contributed by atoms with Gasteiger partial charge >= 0.3 is 0 Å². The number of nitriles is 1. The van der Waals surface area contributed by atoms with Crippen LogP contribution in [-0.4, -0.2) is 13.4 Å². The number of thiazole rings is 1. The highest BCUT2D eigenvalue weighted by Gasteiger charge is 2.37. The number of aryl methyl sites for hydroxylation is 1. The van der Waals surface area contributed by atoms with Crippen LogP contribution in [0.2, 0.25) is 0 Å². The first-order valence-electron chi connectivity index (χ1n) is 6.94. The minimum atomic E-state index is -3.67. The van der Waals surface area contributed by atoms with Gasteiger partial charge in [0.1, 0.15) is 5.01 Å². The smallest absolute Gasteiger partial charge is 0.241 e. The summed E-state index contributed by atoms with van der Waals surface area (Å²) >= 11 is 1.52. The van der Waals surface area contributed by atoms with Crippen molar-refractivity contribution in [1.82, 2.24) is 9.71 Å². The molecule has 0 radical (unpaired) electrons. The second kappa shape index (κ2) is 5.80. The van der Waals surface area contributed by atoms with Gasteiger partial charge in [0.05, 0.1) is 22.6 Å². The Balaban J connectivity index is 1.90. The molecular weight excluding hydrogens is 318 g/mol. The minimum Gasteiger partial charge on any atom is -0.248 e.